The molecule has 2 unspecified atom stereocenters. The Hall–Kier alpha value is -1.13. The van der Waals surface area contributed by atoms with Crippen molar-refractivity contribution in [3.05, 3.63) is 29.6 Å². The number of hydrogen-bond acceptors (Lipinski definition) is 3. The van der Waals surface area contributed by atoms with E-state index in [-0.39, 0.29) is 11.4 Å². The van der Waals surface area contributed by atoms with Gasteiger partial charge >= 0.3 is 0 Å². The van der Waals surface area contributed by atoms with E-state index >= 15 is 0 Å². The highest BCUT2D eigenvalue weighted by Gasteiger charge is 2.50. The molecule has 0 radical (unpaired) electrons. The predicted octanol–water partition coefficient (Wildman–Crippen LogP) is 1.04. The van der Waals surface area contributed by atoms with Crippen molar-refractivity contribution >= 4 is 5.69 Å². The maximum Gasteiger partial charge on any atom is 0.125 e. The molecular weight excluding hydrogens is 207 g/mol. The van der Waals surface area contributed by atoms with Crippen molar-refractivity contribution in [2.24, 2.45) is 0 Å². The second kappa shape index (κ2) is 3.18. The Kier molecular flexibility index (Phi) is 2.00. The van der Waals surface area contributed by atoms with E-state index in [9.17, 15) is 9.50 Å². The lowest BCUT2D eigenvalue weighted by Gasteiger charge is -2.35. The summed E-state index contributed by atoms with van der Waals surface area (Å²) in [4.78, 5) is 2.02. The zero-order valence-electron chi connectivity index (χ0n) is 9.20. The molecule has 0 bridgehead atoms. The summed E-state index contributed by atoms with van der Waals surface area (Å²) in [5.41, 5.74) is 1.37. The van der Waals surface area contributed by atoms with Crippen molar-refractivity contribution in [2.75, 3.05) is 25.0 Å². The Labute approximate surface area is 93.9 Å². The second-order valence-corrected chi connectivity index (χ2v) is 4.70. The maximum absolute atomic E-state index is 13.2. The molecule has 2 N–H and O–H groups in total. The first-order valence-electron chi connectivity index (χ1n) is 5.57. The van der Waals surface area contributed by atoms with Crippen LogP contribution in [0.15, 0.2) is 18.2 Å². The van der Waals surface area contributed by atoms with Crippen LogP contribution in [0.4, 0.5) is 10.1 Å². The number of benzene rings is 1. The van der Waals surface area contributed by atoms with Gasteiger partial charge in [0.25, 0.3) is 0 Å². The van der Waals surface area contributed by atoms with Crippen LogP contribution in [0.5, 0.6) is 0 Å². The molecule has 3 rings (SSSR count). The van der Waals surface area contributed by atoms with Gasteiger partial charge in [0.05, 0.1) is 5.54 Å². The SMILES string of the molecule is CN1c2cc(F)ccc2C(O)C12CCNC2. The smallest absolute Gasteiger partial charge is 0.125 e. The molecule has 1 spiro atoms. The fraction of sp³-hybridized carbons (Fsp3) is 0.500. The summed E-state index contributed by atoms with van der Waals surface area (Å²) in [5.74, 6) is -0.249. The van der Waals surface area contributed by atoms with Crippen molar-refractivity contribution < 1.29 is 9.50 Å². The molecule has 2 aliphatic rings. The number of rotatable bonds is 0. The second-order valence-electron chi connectivity index (χ2n) is 4.70. The van der Waals surface area contributed by atoms with Crippen LogP contribution < -0.4 is 10.2 Å². The van der Waals surface area contributed by atoms with Gasteiger partial charge < -0.3 is 15.3 Å². The Morgan fingerprint density at radius 3 is 3.06 bits per heavy atom. The molecule has 4 heteroatoms. The molecule has 1 aromatic carbocycles. The lowest BCUT2D eigenvalue weighted by atomic mass is 9.90. The summed E-state index contributed by atoms with van der Waals surface area (Å²) in [6, 6.07) is 4.61. The highest BCUT2D eigenvalue weighted by Crippen LogP contribution is 2.48. The third kappa shape index (κ3) is 1.09. The molecule has 2 heterocycles. The van der Waals surface area contributed by atoms with Crippen molar-refractivity contribution in [2.45, 2.75) is 18.1 Å². The van der Waals surface area contributed by atoms with Crippen LogP contribution >= 0.6 is 0 Å². The van der Waals surface area contributed by atoms with Crippen LogP contribution in [-0.4, -0.2) is 30.8 Å². The summed E-state index contributed by atoms with van der Waals surface area (Å²) in [7, 11) is 1.93. The lowest BCUT2D eigenvalue weighted by molar-refractivity contribution is 0.105. The van der Waals surface area contributed by atoms with Gasteiger partial charge in [-0.2, -0.15) is 0 Å². The van der Waals surface area contributed by atoms with Crippen LogP contribution in [0.2, 0.25) is 0 Å². The molecule has 0 saturated carbocycles. The number of likely N-dealkylation sites (N-methyl/N-ethyl adjacent to an activating group) is 1. The van der Waals surface area contributed by atoms with E-state index < -0.39 is 6.10 Å². The topological polar surface area (TPSA) is 35.5 Å². The van der Waals surface area contributed by atoms with E-state index in [1.54, 1.807) is 6.07 Å². The Balaban J connectivity index is 2.12. The van der Waals surface area contributed by atoms with E-state index in [0.29, 0.717) is 0 Å². The molecule has 0 aromatic heterocycles. The molecular formula is C12H15FN2O. The van der Waals surface area contributed by atoms with Crippen molar-refractivity contribution in [1.82, 2.24) is 5.32 Å². The van der Waals surface area contributed by atoms with Gasteiger partial charge in [-0.15, -0.1) is 0 Å². The minimum atomic E-state index is -0.525. The number of aliphatic hydroxyl groups is 1. The van der Waals surface area contributed by atoms with Crippen LogP contribution in [0.3, 0.4) is 0 Å². The van der Waals surface area contributed by atoms with E-state index in [4.69, 9.17) is 0 Å². The van der Waals surface area contributed by atoms with E-state index in [1.165, 1.54) is 12.1 Å². The number of hydrogen-bond donors (Lipinski definition) is 2. The average molecular weight is 222 g/mol. The summed E-state index contributed by atoms with van der Waals surface area (Å²) in [6.45, 7) is 1.65. The van der Waals surface area contributed by atoms with Crippen LogP contribution in [0, 0.1) is 5.82 Å². The van der Waals surface area contributed by atoms with Gasteiger partial charge in [-0.3, -0.25) is 0 Å². The molecule has 1 saturated heterocycles. The average Bonchev–Trinajstić information content (AvgIpc) is 2.83. The van der Waals surface area contributed by atoms with Gasteiger partial charge in [0.1, 0.15) is 11.9 Å². The normalized spacial score (nSPS) is 32.4. The molecule has 86 valence electrons. The highest BCUT2D eigenvalue weighted by atomic mass is 19.1. The van der Waals surface area contributed by atoms with Crippen LogP contribution in [-0.2, 0) is 0 Å². The van der Waals surface area contributed by atoms with Gasteiger partial charge in [0.2, 0.25) is 0 Å². The summed E-state index contributed by atoms with van der Waals surface area (Å²) in [5, 5.41) is 13.7. The maximum atomic E-state index is 13.2. The number of nitrogens with zero attached hydrogens (tertiary/aromatic N) is 1. The number of anilines is 1. The molecule has 0 aliphatic carbocycles. The molecule has 2 atom stereocenters. The van der Waals surface area contributed by atoms with E-state index in [1.807, 2.05) is 11.9 Å². The summed E-state index contributed by atoms with van der Waals surface area (Å²) >= 11 is 0. The zero-order valence-corrected chi connectivity index (χ0v) is 9.20. The first-order chi connectivity index (χ1) is 7.65. The number of fused-ring (bicyclic) bond motifs is 1. The third-order valence-corrected chi connectivity index (χ3v) is 3.99. The van der Waals surface area contributed by atoms with Crippen molar-refractivity contribution in [1.29, 1.82) is 0 Å². The number of nitrogens with one attached hydrogen (secondary N) is 1. The van der Waals surface area contributed by atoms with E-state index in [2.05, 4.69) is 5.32 Å². The first kappa shape index (κ1) is 10.1. The van der Waals surface area contributed by atoms with Gasteiger partial charge in [-0.25, -0.2) is 4.39 Å². The van der Waals surface area contributed by atoms with Gasteiger partial charge in [0.15, 0.2) is 0 Å². The standard InChI is InChI=1S/C12H15FN2O/c1-15-10-6-8(13)2-3-9(10)11(16)12(15)4-5-14-7-12/h2-3,6,11,14,16H,4-5,7H2,1H3. The minimum absolute atomic E-state index is 0.249. The minimum Gasteiger partial charge on any atom is -0.386 e. The number of aliphatic hydroxyl groups excluding tert-OH is 1. The molecule has 3 nitrogen and oxygen atoms in total. The van der Waals surface area contributed by atoms with Crippen molar-refractivity contribution in [3.8, 4) is 0 Å². The summed E-state index contributed by atoms with van der Waals surface area (Å²) < 4.78 is 13.2. The van der Waals surface area contributed by atoms with Crippen LogP contribution in [0.1, 0.15) is 18.1 Å². The molecule has 16 heavy (non-hydrogen) atoms. The molecule has 1 aromatic rings. The largest absolute Gasteiger partial charge is 0.386 e. The highest BCUT2D eigenvalue weighted by molar-refractivity contribution is 5.63. The van der Waals surface area contributed by atoms with Gasteiger partial charge in [-0.1, -0.05) is 6.07 Å². The zero-order chi connectivity index (χ0) is 11.3. The third-order valence-electron chi connectivity index (χ3n) is 3.99. The number of halogens is 1. The predicted molar refractivity (Wildman–Crippen MR) is 60.0 cm³/mol. The molecule has 2 aliphatic heterocycles. The van der Waals surface area contributed by atoms with Gasteiger partial charge in [-0.05, 0) is 25.1 Å². The summed E-state index contributed by atoms with van der Waals surface area (Å²) in [6.07, 6.45) is 0.365. The fourth-order valence-corrected chi connectivity index (χ4v) is 2.97. The Bertz CT molecular complexity index is 429. The van der Waals surface area contributed by atoms with Crippen LogP contribution in [0.25, 0.3) is 0 Å². The van der Waals surface area contributed by atoms with Crippen molar-refractivity contribution in [3.63, 3.8) is 0 Å². The lowest BCUT2D eigenvalue weighted by Crippen LogP contribution is -2.48. The monoisotopic (exact) mass is 222 g/mol. The fourth-order valence-electron chi connectivity index (χ4n) is 2.97. The quantitative estimate of drug-likeness (QED) is 0.688. The van der Waals surface area contributed by atoms with E-state index in [0.717, 1.165) is 30.8 Å². The first-order valence-corrected chi connectivity index (χ1v) is 5.57. The molecule has 1 fully saturated rings. The Morgan fingerprint density at radius 2 is 2.38 bits per heavy atom. The Morgan fingerprint density at radius 1 is 1.56 bits per heavy atom. The molecule has 0 amide bonds. The van der Waals surface area contributed by atoms with Gasteiger partial charge in [0, 0.05) is 24.8 Å².